The highest BCUT2D eigenvalue weighted by Crippen LogP contribution is 2.45. The molecule has 0 heteroatoms. The molecule has 0 spiro atoms. The fraction of sp³-hybridized carbons (Fsp3) is 0.304. The van der Waals surface area contributed by atoms with Crippen LogP contribution in [0.25, 0.3) is 0 Å². The summed E-state index contributed by atoms with van der Waals surface area (Å²) in [6.45, 7) is 9.24. The van der Waals surface area contributed by atoms with E-state index in [2.05, 4.69) is 88.4 Å². The molecule has 0 bridgehead atoms. The Kier molecular flexibility index (Phi) is 4.52. The van der Waals surface area contributed by atoms with Gasteiger partial charge in [0.1, 0.15) is 0 Å². The van der Waals surface area contributed by atoms with E-state index in [1.54, 1.807) is 5.57 Å². The van der Waals surface area contributed by atoms with Gasteiger partial charge in [-0.05, 0) is 55.4 Å². The van der Waals surface area contributed by atoms with Gasteiger partial charge >= 0.3 is 0 Å². The molecular weight excluding hydrogens is 276 g/mol. The molecule has 0 amide bonds. The molecule has 23 heavy (non-hydrogen) atoms. The highest BCUT2D eigenvalue weighted by atomic mass is 14.3. The van der Waals surface area contributed by atoms with Crippen LogP contribution < -0.4 is 0 Å². The summed E-state index contributed by atoms with van der Waals surface area (Å²) in [5.41, 5.74) is 8.97. The summed E-state index contributed by atoms with van der Waals surface area (Å²) < 4.78 is 0. The van der Waals surface area contributed by atoms with Gasteiger partial charge in [-0.2, -0.15) is 0 Å². The van der Waals surface area contributed by atoms with Crippen molar-refractivity contribution in [2.75, 3.05) is 0 Å². The molecule has 0 aliphatic heterocycles. The first-order valence-electron chi connectivity index (χ1n) is 8.57. The molecule has 0 radical (unpaired) electrons. The molecule has 118 valence electrons. The first kappa shape index (κ1) is 15.8. The maximum absolute atomic E-state index is 2.37. The Morgan fingerprint density at radius 2 is 1.35 bits per heavy atom. The third-order valence-electron chi connectivity index (χ3n) is 5.56. The lowest BCUT2D eigenvalue weighted by atomic mass is 9.79. The van der Waals surface area contributed by atoms with Gasteiger partial charge in [-0.25, -0.2) is 0 Å². The average molecular weight is 302 g/mol. The second-order valence-corrected chi connectivity index (χ2v) is 6.76. The Bertz CT molecular complexity index is 732. The van der Waals surface area contributed by atoms with Gasteiger partial charge in [0.05, 0.1) is 0 Å². The van der Waals surface area contributed by atoms with Crippen LogP contribution in [0.15, 0.2) is 83.0 Å². The molecular formula is C23H26. The molecule has 0 saturated heterocycles. The Labute approximate surface area is 140 Å². The number of rotatable bonds is 4. The van der Waals surface area contributed by atoms with Crippen LogP contribution >= 0.6 is 0 Å². The molecule has 0 nitrogen and oxygen atoms in total. The third-order valence-corrected chi connectivity index (χ3v) is 5.56. The van der Waals surface area contributed by atoms with E-state index >= 15 is 0 Å². The Morgan fingerprint density at radius 1 is 0.783 bits per heavy atom. The van der Waals surface area contributed by atoms with E-state index in [-0.39, 0.29) is 0 Å². The smallest absolute Gasteiger partial charge is 0.0100 e. The second kappa shape index (κ2) is 6.58. The van der Waals surface area contributed by atoms with Crippen molar-refractivity contribution < 1.29 is 0 Å². The zero-order valence-corrected chi connectivity index (χ0v) is 14.6. The maximum Gasteiger partial charge on any atom is 0.0100 e. The van der Waals surface area contributed by atoms with Crippen molar-refractivity contribution >= 4 is 0 Å². The zero-order chi connectivity index (χ0) is 16.4. The van der Waals surface area contributed by atoms with E-state index in [0.717, 1.165) is 6.42 Å². The largest absolute Gasteiger partial charge is 0.0632 e. The molecule has 3 rings (SSSR count). The minimum Gasteiger partial charge on any atom is -0.0632 e. The van der Waals surface area contributed by atoms with Crippen molar-refractivity contribution in [3.63, 3.8) is 0 Å². The summed E-state index contributed by atoms with van der Waals surface area (Å²) >= 11 is 0. The lowest BCUT2D eigenvalue weighted by Gasteiger charge is -2.25. The quantitative estimate of drug-likeness (QED) is 0.620. The minimum atomic E-state index is 0.459. The lowest BCUT2D eigenvalue weighted by molar-refractivity contribution is 0.672. The standard InChI is InChI=1S/C23H26/c1-16-17(2)19(4)23(18(16)3)22(21-13-9-6-10-14-21)15-20-11-7-5-8-12-20/h5-14,18,22H,15H2,1-4H3. The van der Waals surface area contributed by atoms with Crippen LogP contribution in [-0.2, 0) is 6.42 Å². The topological polar surface area (TPSA) is 0 Å². The predicted molar refractivity (Wildman–Crippen MR) is 99.6 cm³/mol. The van der Waals surface area contributed by atoms with E-state index in [9.17, 15) is 0 Å². The molecule has 1 aliphatic carbocycles. The number of benzene rings is 2. The molecule has 2 unspecified atom stereocenters. The van der Waals surface area contributed by atoms with Crippen LogP contribution in [0.2, 0.25) is 0 Å². The fourth-order valence-corrected chi connectivity index (χ4v) is 3.90. The first-order valence-corrected chi connectivity index (χ1v) is 8.57. The van der Waals surface area contributed by atoms with Gasteiger partial charge in [-0.1, -0.05) is 78.7 Å². The SMILES string of the molecule is CC1=C(C)C(C)C(C(Cc2ccccc2)c2ccccc2)=C1C. The molecule has 0 saturated carbocycles. The van der Waals surface area contributed by atoms with Crippen molar-refractivity contribution in [3.8, 4) is 0 Å². The van der Waals surface area contributed by atoms with Crippen molar-refractivity contribution in [1.82, 2.24) is 0 Å². The van der Waals surface area contributed by atoms with Gasteiger partial charge in [0.15, 0.2) is 0 Å². The maximum atomic E-state index is 2.37. The van der Waals surface area contributed by atoms with Crippen molar-refractivity contribution in [1.29, 1.82) is 0 Å². The lowest BCUT2D eigenvalue weighted by Crippen LogP contribution is -2.12. The fourth-order valence-electron chi connectivity index (χ4n) is 3.90. The van der Waals surface area contributed by atoms with Gasteiger partial charge in [0.2, 0.25) is 0 Å². The first-order chi connectivity index (χ1) is 11.1. The van der Waals surface area contributed by atoms with Crippen LogP contribution in [-0.4, -0.2) is 0 Å². The van der Waals surface area contributed by atoms with E-state index in [4.69, 9.17) is 0 Å². The van der Waals surface area contributed by atoms with Crippen LogP contribution in [0.5, 0.6) is 0 Å². The predicted octanol–water partition coefficient (Wildman–Crippen LogP) is 6.32. The zero-order valence-electron chi connectivity index (χ0n) is 14.6. The highest BCUT2D eigenvalue weighted by molar-refractivity contribution is 5.51. The van der Waals surface area contributed by atoms with Gasteiger partial charge in [0.25, 0.3) is 0 Å². The van der Waals surface area contributed by atoms with E-state index in [1.165, 1.54) is 27.8 Å². The summed E-state index contributed by atoms with van der Waals surface area (Å²) in [6, 6.07) is 21.9. The Hall–Kier alpha value is -2.08. The molecule has 0 heterocycles. The molecule has 0 aromatic heterocycles. The molecule has 2 aromatic carbocycles. The Morgan fingerprint density at radius 3 is 1.87 bits per heavy atom. The summed E-state index contributed by atoms with van der Waals surface area (Å²) in [5.74, 6) is 1.00. The molecule has 1 aliphatic rings. The summed E-state index contributed by atoms with van der Waals surface area (Å²) in [6.07, 6.45) is 1.07. The van der Waals surface area contributed by atoms with Crippen molar-refractivity contribution in [2.24, 2.45) is 5.92 Å². The summed E-state index contributed by atoms with van der Waals surface area (Å²) in [7, 11) is 0. The molecule has 0 fully saturated rings. The Balaban J connectivity index is 2.04. The summed E-state index contributed by atoms with van der Waals surface area (Å²) in [4.78, 5) is 0. The highest BCUT2D eigenvalue weighted by Gasteiger charge is 2.30. The van der Waals surface area contributed by atoms with Crippen LogP contribution in [0.3, 0.4) is 0 Å². The third kappa shape index (κ3) is 3.03. The van der Waals surface area contributed by atoms with Crippen molar-refractivity contribution in [3.05, 3.63) is 94.1 Å². The van der Waals surface area contributed by atoms with E-state index in [1.807, 2.05) is 0 Å². The molecule has 2 atom stereocenters. The van der Waals surface area contributed by atoms with Crippen LogP contribution in [0.4, 0.5) is 0 Å². The number of hydrogen-bond donors (Lipinski definition) is 0. The van der Waals surface area contributed by atoms with Gasteiger partial charge in [0, 0.05) is 5.92 Å². The summed E-state index contributed by atoms with van der Waals surface area (Å²) in [5, 5.41) is 0. The van der Waals surface area contributed by atoms with Crippen molar-refractivity contribution in [2.45, 2.75) is 40.0 Å². The van der Waals surface area contributed by atoms with E-state index < -0.39 is 0 Å². The van der Waals surface area contributed by atoms with Crippen LogP contribution in [0.1, 0.15) is 44.7 Å². The second-order valence-electron chi connectivity index (χ2n) is 6.76. The van der Waals surface area contributed by atoms with Crippen LogP contribution in [0, 0.1) is 5.92 Å². The number of hydrogen-bond acceptors (Lipinski definition) is 0. The van der Waals surface area contributed by atoms with Gasteiger partial charge in [-0.15, -0.1) is 0 Å². The molecule has 2 aromatic rings. The monoisotopic (exact) mass is 302 g/mol. The minimum absolute atomic E-state index is 0.459. The molecule has 0 N–H and O–H groups in total. The van der Waals surface area contributed by atoms with Gasteiger partial charge in [-0.3, -0.25) is 0 Å². The van der Waals surface area contributed by atoms with Gasteiger partial charge < -0.3 is 0 Å². The van der Waals surface area contributed by atoms with E-state index in [0.29, 0.717) is 11.8 Å². The average Bonchev–Trinajstić information content (AvgIpc) is 2.78. The normalized spacial score (nSPS) is 19.4. The number of allylic oxidation sites excluding steroid dienone is 4.